The van der Waals surface area contributed by atoms with Crippen molar-refractivity contribution in [2.75, 3.05) is 12.4 Å². The van der Waals surface area contributed by atoms with Crippen molar-refractivity contribution in [3.63, 3.8) is 0 Å². The standard InChI is InChI=1S/C13H11ClN2O2/c1-18-11-4-2-9(3-5-11)13(17)16-10-6-7-15-12(14)8-10/h2-8H,1H3,(H,15,16,17). The summed E-state index contributed by atoms with van der Waals surface area (Å²) >= 11 is 5.73. The number of rotatable bonds is 3. The Balaban J connectivity index is 2.11. The Labute approximate surface area is 110 Å². The van der Waals surface area contributed by atoms with Crippen LogP contribution in [0, 0.1) is 0 Å². The van der Waals surface area contributed by atoms with E-state index < -0.39 is 0 Å². The van der Waals surface area contributed by atoms with Gasteiger partial charge in [-0.05, 0) is 36.4 Å². The highest BCUT2D eigenvalue weighted by Crippen LogP contribution is 2.15. The summed E-state index contributed by atoms with van der Waals surface area (Å²) in [5.41, 5.74) is 1.15. The highest BCUT2D eigenvalue weighted by Gasteiger charge is 2.06. The molecule has 0 aliphatic rings. The van der Waals surface area contributed by atoms with Crippen molar-refractivity contribution in [3.8, 4) is 5.75 Å². The van der Waals surface area contributed by atoms with Crippen molar-refractivity contribution < 1.29 is 9.53 Å². The third kappa shape index (κ3) is 2.99. The predicted molar refractivity (Wildman–Crippen MR) is 70.2 cm³/mol. The van der Waals surface area contributed by atoms with E-state index >= 15 is 0 Å². The van der Waals surface area contributed by atoms with Crippen molar-refractivity contribution in [2.45, 2.75) is 0 Å². The third-order valence-electron chi connectivity index (χ3n) is 2.34. The number of amides is 1. The summed E-state index contributed by atoms with van der Waals surface area (Å²) in [4.78, 5) is 15.7. The Bertz CT molecular complexity index is 555. The second kappa shape index (κ2) is 5.51. The molecule has 0 bridgehead atoms. The van der Waals surface area contributed by atoms with Crippen LogP contribution in [0.2, 0.25) is 5.15 Å². The van der Waals surface area contributed by atoms with Gasteiger partial charge in [0.15, 0.2) is 0 Å². The fraction of sp³-hybridized carbons (Fsp3) is 0.0769. The average Bonchev–Trinajstić information content (AvgIpc) is 2.39. The molecule has 0 aliphatic carbocycles. The van der Waals surface area contributed by atoms with Crippen molar-refractivity contribution in [3.05, 3.63) is 53.3 Å². The molecule has 18 heavy (non-hydrogen) atoms. The number of nitrogens with one attached hydrogen (secondary N) is 1. The smallest absolute Gasteiger partial charge is 0.255 e. The molecule has 2 aromatic rings. The van der Waals surface area contributed by atoms with E-state index in [0.717, 1.165) is 0 Å². The van der Waals surface area contributed by atoms with Crippen LogP contribution in [-0.4, -0.2) is 18.0 Å². The molecule has 0 fully saturated rings. The van der Waals surface area contributed by atoms with E-state index in [4.69, 9.17) is 16.3 Å². The minimum atomic E-state index is -0.208. The molecule has 1 N–H and O–H groups in total. The SMILES string of the molecule is COc1ccc(C(=O)Nc2ccnc(Cl)c2)cc1. The number of pyridine rings is 1. The van der Waals surface area contributed by atoms with Crippen LogP contribution in [0.4, 0.5) is 5.69 Å². The zero-order valence-electron chi connectivity index (χ0n) is 9.68. The maximum atomic E-state index is 11.9. The number of halogens is 1. The molecule has 0 saturated carbocycles. The fourth-order valence-corrected chi connectivity index (χ4v) is 1.60. The number of aromatic nitrogens is 1. The van der Waals surface area contributed by atoms with Crippen LogP contribution in [0.15, 0.2) is 42.6 Å². The molecule has 0 saturated heterocycles. The molecule has 0 spiro atoms. The van der Waals surface area contributed by atoms with Gasteiger partial charge in [-0.3, -0.25) is 4.79 Å². The van der Waals surface area contributed by atoms with Gasteiger partial charge < -0.3 is 10.1 Å². The Hall–Kier alpha value is -2.07. The summed E-state index contributed by atoms with van der Waals surface area (Å²) in [7, 11) is 1.58. The van der Waals surface area contributed by atoms with E-state index in [9.17, 15) is 4.79 Å². The average molecular weight is 263 g/mol. The summed E-state index contributed by atoms with van der Waals surface area (Å²) < 4.78 is 5.03. The largest absolute Gasteiger partial charge is 0.497 e. The quantitative estimate of drug-likeness (QED) is 0.865. The highest BCUT2D eigenvalue weighted by atomic mass is 35.5. The Morgan fingerprint density at radius 2 is 2.00 bits per heavy atom. The number of ether oxygens (including phenoxy) is 1. The van der Waals surface area contributed by atoms with E-state index in [0.29, 0.717) is 22.2 Å². The number of carbonyl (C=O) groups excluding carboxylic acids is 1. The normalized spacial score (nSPS) is 9.89. The maximum Gasteiger partial charge on any atom is 0.255 e. The zero-order chi connectivity index (χ0) is 13.0. The molecule has 1 amide bonds. The lowest BCUT2D eigenvalue weighted by Crippen LogP contribution is -2.11. The number of nitrogens with zero attached hydrogens (tertiary/aromatic N) is 1. The van der Waals surface area contributed by atoms with E-state index in [1.54, 1.807) is 43.5 Å². The first-order valence-corrected chi connectivity index (χ1v) is 5.64. The number of carbonyl (C=O) groups is 1. The molecule has 1 aromatic heterocycles. The van der Waals surface area contributed by atoms with Gasteiger partial charge in [-0.2, -0.15) is 0 Å². The lowest BCUT2D eigenvalue weighted by Gasteiger charge is -2.06. The Morgan fingerprint density at radius 1 is 1.28 bits per heavy atom. The lowest BCUT2D eigenvalue weighted by atomic mass is 10.2. The number of hydrogen-bond acceptors (Lipinski definition) is 3. The molecule has 2 rings (SSSR count). The number of hydrogen-bond donors (Lipinski definition) is 1. The summed E-state index contributed by atoms with van der Waals surface area (Å²) in [6.07, 6.45) is 1.53. The van der Waals surface area contributed by atoms with Gasteiger partial charge in [0.2, 0.25) is 0 Å². The second-order valence-electron chi connectivity index (χ2n) is 3.55. The molecule has 0 aliphatic heterocycles. The molecule has 92 valence electrons. The van der Waals surface area contributed by atoms with Gasteiger partial charge in [0.05, 0.1) is 7.11 Å². The van der Waals surface area contributed by atoms with E-state index in [1.165, 1.54) is 6.20 Å². The topological polar surface area (TPSA) is 51.2 Å². The Kier molecular flexibility index (Phi) is 3.79. The van der Waals surface area contributed by atoms with Crippen LogP contribution >= 0.6 is 11.6 Å². The van der Waals surface area contributed by atoms with Crippen LogP contribution in [0.25, 0.3) is 0 Å². The van der Waals surface area contributed by atoms with Gasteiger partial charge in [0, 0.05) is 17.4 Å². The van der Waals surface area contributed by atoms with E-state index in [-0.39, 0.29) is 5.91 Å². The number of benzene rings is 1. The van der Waals surface area contributed by atoms with Crippen molar-refractivity contribution in [1.29, 1.82) is 0 Å². The zero-order valence-corrected chi connectivity index (χ0v) is 10.4. The van der Waals surface area contributed by atoms with Crippen LogP contribution in [0.5, 0.6) is 5.75 Å². The molecule has 0 unspecified atom stereocenters. The van der Waals surface area contributed by atoms with Gasteiger partial charge in [-0.15, -0.1) is 0 Å². The monoisotopic (exact) mass is 262 g/mol. The Morgan fingerprint density at radius 3 is 2.61 bits per heavy atom. The minimum Gasteiger partial charge on any atom is -0.497 e. The molecule has 0 radical (unpaired) electrons. The van der Waals surface area contributed by atoms with Crippen molar-refractivity contribution in [1.82, 2.24) is 4.98 Å². The first kappa shape index (κ1) is 12.4. The van der Waals surface area contributed by atoms with Crippen molar-refractivity contribution >= 4 is 23.2 Å². The van der Waals surface area contributed by atoms with E-state index in [1.807, 2.05) is 0 Å². The molecule has 1 aromatic carbocycles. The number of methoxy groups -OCH3 is 1. The lowest BCUT2D eigenvalue weighted by molar-refractivity contribution is 0.102. The van der Waals surface area contributed by atoms with Gasteiger partial charge >= 0.3 is 0 Å². The van der Waals surface area contributed by atoms with Crippen LogP contribution in [0.3, 0.4) is 0 Å². The minimum absolute atomic E-state index is 0.208. The highest BCUT2D eigenvalue weighted by molar-refractivity contribution is 6.29. The van der Waals surface area contributed by atoms with Gasteiger partial charge in [-0.25, -0.2) is 4.98 Å². The van der Waals surface area contributed by atoms with Crippen LogP contribution < -0.4 is 10.1 Å². The molecule has 0 atom stereocenters. The first-order chi connectivity index (χ1) is 8.69. The first-order valence-electron chi connectivity index (χ1n) is 5.26. The van der Waals surface area contributed by atoms with Gasteiger partial charge in [-0.1, -0.05) is 11.6 Å². The third-order valence-corrected chi connectivity index (χ3v) is 2.54. The molecule has 5 heteroatoms. The summed E-state index contributed by atoms with van der Waals surface area (Å²) in [6, 6.07) is 10.1. The van der Waals surface area contributed by atoms with E-state index in [2.05, 4.69) is 10.3 Å². The van der Waals surface area contributed by atoms with Gasteiger partial charge in [0.25, 0.3) is 5.91 Å². The molecular weight excluding hydrogens is 252 g/mol. The van der Waals surface area contributed by atoms with Crippen LogP contribution in [-0.2, 0) is 0 Å². The summed E-state index contributed by atoms with van der Waals surface area (Å²) in [5.74, 6) is 0.499. The maximum absolute atomic E-state index is 11.9. The van der Waals surface area contributed by atoms with Gasteiger partial charge in [0.1, 0.15) is 10.9 Å². The molecule has 1 heterocycles. The predicted octanol–water partition coefficient (Wildman–Crippen LogP) is 3.00. The molecular formula is C13H11ClN2O2. The summed E-state index contributed by atoms with van der Waals surface area (Å²) in [5, 5.41) is 3.07. The number of anilines is 1. The van der Waals surface area contributed by atoms with Crippen molar-refractivity contribution in [2.24, 2.45) is 0 Å². The summed E-state index contributed by atoms with van der Waals surface area (Å²) in [6.45, 7) is 0. The second-order valence-corrected chi connectivity index (χ2v) is 3.94. The molecule has 4 nitrogen and oxygen atoms in total. The van der Waals surface area contributed by atoms with Crippen LogP contribution in [0.1, 0.15) is 10.4 Å². The fourth-order valence-electron chi connectivity index (χ4n) is 1.43.